The number of para-hydroxylation sites is 1. The molecule has 1 aromatic carbocycles. The molecule has 1 heterocycles. The van der Waals surface area contributed by atoms with E-state index in [0.717, 1.165) is 13.0 Å². The monoisotopic (exact) mass is 256 g/mol. The van der Waals surface area contributed by atoms with Gasteiger partial charge < -0.3 is 15.4 Å². The first-order valence-corrected chi connectivity index (χ1v) is 5.39. The van der Waals surface area contributed by atoms with Gasteiger partial charge in [-0.25, -0.2) is 0 Å². The van der Waals surface area contributed by atoms with Crippen LogP contribution in [0.1, 0.15) is 16.8 Å². The van der Waals surface area contributed by atoms with Crippen LogP contribution in [0.3, 0.4) is 0 Å². The van der Waals surface area contributed by atoms with E-state index in [1.54, 1.807) is 24.1 Å². The second-order valence-electron chi connectivity index (χ2n) is 4.02. The van der Waals surface area contributed by atoms with E-state index in [2.05, 4.69) is 0 Å². The van der Waals surface area contributed by atoms with Gasteiger partial charge in [0.2, 0.25) is 0 Å². The fourth-order valence-electron chi connectivity index (χ4n) is 1.88. The van der Waals surface area contributed by atoms with Gasteiger partial charge in [0.05, 0.1) is 18.2 Å². The molecule has 1 aliphatic rings. The number of likely N-dealkylation sites (N-methyl/N-ethyl adjacent to an activating group) is 1. The van der Waals surface area contributed by atoms with Crippen molar-refractivity contribution < 1.29 is 9.53 Å². The molecule has 0 aromatic heterocycles. The summed E-state index contributed by atoms with van der Waals surface area (Å²) >= 11 is 0. The average Bonchev–Trinajstić information content (AvgIpc) is 2.81. The van der Waals surface area contributed by atoms with E-state index in [-0.39, 0.29) is 24.4 Å². The maximum absolute atomic E-state index is 12.1. The second-order valence-corrected chi connectivity index (χ2v) is 4.02. The molecule has 0 saturated carbocycles. The van der Waals surface area contributed by atoms with E-state index in [1.807, 2.05) is 12.1 Å². The molecule has 1 aromatic rings. The van der Waals surface area contributed by atoms with Crippen molar-refractivity contribution in [3.63, 3.8) is 0 Å². The Labute approximate surface area is 107 Å². The molecule has 1 fully saturated rings. The summed E-state index contributed by atoms with van der Waals surface area (Å²) in [7, 11) is 1.80. The first kappa shape index (κ1) is 13.8. The van der Waals surface area contributed by atoms with E-state index >= 15 is 0 Å². The van der Waals surface area contributed by atoms with Crippen molar-refractivity contribution in [2.24, 2.45) is 0 Å². The van der Waals surface area contributed by atoms with Crippen LogP contribution in [-0.2, 0) is 4.74 Å². The molecule has 0 aliphatic carbocycles. The van der Waals surface area contributed by atoms with Crippen LogP contribution < -0.4 is 5.73 Å². The maximum atomic E-state index is 12.1. The summed E-state index contributed by atoms with van der Waals surface area (Å²) in [6, 6.07) is 7.32. The SMILES string of the molecule is CN(C(=O)c1ccccc1N)C1CCOC1.Cl. The van der Waals surface area contributed by atoms with Crippen LogP contribution in [0, 0.1) is 0 Å². The summed E-state index contributed by atoms with van der Waals surface area (Å²) in [5.41, 5.74) is 6.87. The van der Waals surface area contributed by atoms with Crippen molar-refractivity contribution in [3.8, 4) is 0 Å². The van der Waals surface area contributed by atoms with Crippen LogP contribution in [0.4, 0.5) is 5.69 Å². The standard InChI is InChI=1S/C12H16N2O2.ClH/c1-14(9-6-7-16-8-9)12(15)10-4-2-3-5-11(10)13;/h2-5,9H,6-8,13H2,1H3;1H. The van der Waals surface area contributed by atoms with Gasteiger partial charge in [0, 0.05) is 19.3 Å². The molecule has 2 N–H and O–H groups in total. The lowest BCUT2D eigenvalue weighted by molar-refractivity contribution is 0.0712. The molecule has 1 aliphatic heterocycles. The van der Waals surface area contributed by atoms with Gasteiger partial charge in [-0.1, -0.05) is 12.1 Å². The fourth-order valence-corrected chi connectivity index (χ4v) is 1.88. The van der Waals surface area contributed by atoms with Gasteiger partial charge in [0.1, 0.15) is 0 Å². The Morgan fingerprint density at radius 2 is 2.18 bits per heavy atom. The number of rotatable bonds is 2. The van der Waals surface area contributed by atoms with E-state index < -0.39 is 0 Å². The molecule has 1 unspecified atom stereocenters. The van der Waals surface area contributed by atoms with Crippen molar-refractivity contribution in [2.75, 3.05) is 26.0 Å². The van der Waals surface area contributed by atoms with Gasteiger partial charge in [-0.2, -0.15) is 0 Å². The van der Waals surface area contributed by atoms with Crippen LogP contribution in [-0.4, -0.2) is 37.1 Å². The number of hydrogen-bond donors (Lipinski definition) is 1. The molecule has 4 nitrogen and oxygen atoms in total. The molecule has 1 atom stereocenters. The molecule has 0 bridgehead atoms. The molecule has 2 rings (SSSR count). The van der Waals surface area contributed by atoms with Crippen LogP contribution >= 0.6 is 12.4 Å². The maximum Gasteiger partial charge on any atom is 0.256 e. The van der Waals surface area contributed by atoms with Gasteiger partial charge in [-0.15, -0.1) is 12.4 Å². The summed E-state index contributed by atoms with van der Waals surface area (Å²) in [5.74, 6) is -0.0337. The lowest BCUT2D eigenvalue weighted by Gasteiger charge is -2.23. The van der Waals surface area contributed by atoms with Crippen LogP contribution in [0.15, 0.2) is 24.3 Å². The number of anilines is 1. The topological polar surface area (TPSA) is 55.6 Å². The summed E-state index contributed by atoms with van der Waals surface area (Å²) < 4.78 is 5.27. The molecular weight excluding hydrogens is 240 g/mol. The van der Waals surface area contributed by atoms with E-state index in [4.69, 9.17) is 10.5 Å². The number of carbonyl (C=O) groups excluding carboxylic acids is 1. The lowest BCUT2D eigenvalue weighted by atomic mass is 10.1. The third kappa shape index (κ3) is 2.90. The number of nitrogens with two attached hydrogens (primary N) is 1. The third-order valence-electron chi connectivity index (χ3n) is 2.96. The third-order valence-corrected chi connectivity index (χ3v) is 2.96. The largest absolute Gasteiger partial charge is 0.398 e. The Balaban J connectivity index is 0.00000144. The van der Waals surface area contributed by atoms with E-state index in [0.29, 0.717) is 17.9 Å². The zero-order valence-electron chi connectivity index (χ0n) is 9.76. The van der Waals surface area contributed by atoms with Gasteiger partial charge in [0.25, 0.3) is 5.91 Å². The van der Waals surface area contributed by atoms with Gasteiger partial charge >= 0.3 is 0 Å². The average molecular weight is 257 g/mol. The molecule has 5 heteroatoms. The van der Waals surface area contributed by atoms with Crippen molar-refractivity contribution in [2.45, 2.75) is 12.5 Å². The number of ether oxygens (including phenoxy) is 1. The number of nitrogen functional groups attached to an aromatic ring is 1. The molecule has 94 valence electrons. The zero-order valence-corrected chi connectivity index (χ0v) is 10.6. The Morgan fingerprint density at radius 3 is 2.76 bits per heavy atom. The molecule has 1 saturated heterocycles. The highest BCUT2D eigenvalue weighted by Gasteiger charge is 2.25. The lowest BCUT2D eigenvalue weighted by Crippen LogP contribution is -2.37. The first-order valence-electron chi connectivity index (χ1n) is 5.39. The van der Waals surface area contributed by atoms with E-state index in [9.17, 15) is 4.79 Å². The quantitative estimate of drug-likeness (QED) is 0.817. The number of halogens is 1. The predicted molar refractivity (Wildman–Crippen MR) is 69.4 cm³/mol. The highest BCUT2D eigenvalue weighted by atomic mass is 35.5. The van der Waals surface area contributed by atoms with Crippen molar-refractivity contribution in [3.05, 3.63) is 29.8 Å². The molecule has 1 amide bonds. The summed E-state index contributed by atoms with van der Waals surface area (Å²) in [5, 5.41) is 0. The first-order chi connectivity index (χ1) is 7.70. The van der Waals surface area contributed by atoms with Gasteiger partial charge in [-0.3, -0.25) is 4.79 Å². The number of hydrogen-bond acceptors (Lipinski definition) is 3. The smallest absolute Gasteiger partial charge is 0.256 e. The minimum atomic E-state index is -0.0337. The summed E-state index contributed by atoms with van der Waals surface area (Å²) in [4.78, 5) is 13.9. The Morgan fingerprint density at radius 1 is 1.47 bits per heavy atom. The highest BCUT2D eigenvalue weighted by molar-refractivity contribution is 5.99. The molecule has 0 spiro atoms. The van der Waals surface area contributed by atoms with Gasteiger partial charge in [0.15, 0.2) is 0 Å². The summed E-state index contributed by atoms with van der Waals surface area (Å²) in [6.07, 6.45) is 0.898. The van der Waals surface area contributed by atoms with Crippen LogP contribution in [0.25, 0.3) is 0 Å². The zero-order chi connectivity index (χ0) is 11.5. The number of benzene rings is 1. The summed E-state index contributed by atoms with van der Waals surface area (Å²) in [6.45, 7) is 1.35. The molecule has 0 radical (unpaired) electrons. The van der Waals surface area contributed by atoms with Crippen molar-refractivity contribution in [1.29, 1.82) is 0 Å². The minimum Gasteiger partial charge on any atom is -0.398 e. The number of carbonyl (C=O) groups is 1. The van der Waals surface area contributed by atoms with E-state index in [1.165, 1.54) is 0 Å². The van der Waals surface area contributed by atoms with Crippen molar-refractivity contribution >= 4 is 24.0 Å². The number of amides is 1. The Bertz CT molecular complexity index is 392. The van der Waals surface area contributed by atoms with Crippen LogP contribution in [0.5, 0.6) is 0 Å². The molecular formula is C12H17ClN2O2. The van der Waals surface area contributed by atoms with Crippen LogP contribution in [0.2, 0.25) is 0 Å². The predicted octanol–water partition coefficient (Wildman–Crippen LogP) is 1.55. The van der Waals surface area contributed by atoms with Gasteiger partial charge in [-0.05, 0) is 18.6 Å². The second kappa shape index (κ2) is 5.89. The highest BCUT2D eigenvalue weighted by Crippen LogP contribution is 2.17. The minimum absolute atomic E-state index is 0. The number of nitrogens with zero attached hydrogens (tertiary/aromatic N) is 1. The fraction of sp³-hybridized carbons (Fsp3) is 0.417. The normalized spacial score (nSPS) is 18.5. The van der Waals surface area contributed by atoms with Crippen molar-refractivity contribution in [1.82, 2.24) is 4.90 Å². The Hall–Kier alpha value is -1.26. The Kier molecular flexibility index (Phi) is 4.78. The molecule has 17 heavy (non-hydrogen) atoms.